The van der Waals surface area contributed by atoms with Gasteiger partial charge in [0, 0.05) is 11.4 Å². The second-order valence-corrected chi connectivity index (χ2v) is 3.04. The number of thiol groups is 1. The quantitative estimate of drug-likeness (QED) is 0.680. The molecule has 0 unspecified atom stereocenters. The largest absolute Gasteiger partial charge is 0.417 e. The van der Waals surface area contributed by atoms with Gasteiger partial charge in [0.25, 0.3) is 0 Å². The van der Waals surface area contributed by atoms with Gasteiger partial charge in [0.15, 0.2) is 0 Å². The molecule has 0 atom stereocenters. The molecule has 2 N–H and O–H groups in total. The number of nitrogens with two attached hydrogens (primary N) is 1. The van der Waals surface area contributed by atoms with Crippen LogP contribution in [0.3, 0.4) is 0 Å². The number of hydrogen-bond donors (Lipinski definition) is 2. The number of halogens is 3. The van der Waals surface area contributed by atoms with Gasteiger partial charge in [-0.1, -0.05) is 6.07 Å². The number of rotatable bonds is 1. The molecule has 0 radical (unpaired) electrons. The normalized spacial score (nSPS) is 11.8. The molecule has 0 aliphatic heterocycles. The minimum Gasteiger partial charge on any atom is -0.326 e. The summed E-state index contributed by atoms with van der Waals surface area (Å²) in [4.78, 5) is -0.0790. The maximum Gasteiger partial charge on any atom is 0.417 e. The van der Waals surface area contributed by atoms with Gasteiger partial charge >= 0.3 is 6.18 Å². The van der Waals surface area contributed by atoms with Crippen LogP contribution in [-0.2, 0) is 12.7 Å². The van der Waals surface area contributed by atoms with E-state index in [9.17, 15) is 13.2 Å². The smallest absolute Gasteiger partial charge is 0.326 e. The van der Waals surface area contributed by atoms with Crippen molar-refractivity contribution >= 4 is 12.6 Å². The Labute approximate surface area is 79.2 Å². The van der Waals surface area contributed by atoms with Gasteiger partial charge in [-0.05, 0) is 17.7 Å². The minimum atomic E-state index is -4.36. The van der Waals surface area contributed by atoms with Crippen molar-refractivity contribution in [2.45, 2.75) is 17.6 Å². The highest BCUT2D eigenvalue weighted by molar-refractivity contribution is 7.80. The molecule has 1 aromatic rings. The van der Waals surface area contributed by atoms with Crippen molar-refractivity contribution in [3.63, 3.8) is 0 Å². The van der Waals surface area contributed by atoms with Crippen molar-refractivity contribution in [2.24, 2.45) is 5.73 Å². The van der Waals surface area contributed by atoms with Crippen molar-refractivity contribution in [1.29, 1.82) is 0 Å². The number of alkyl halides is 3. The van der Waals surface area contributed by atoms with Gasteiger partial charge < -0.3 is 5.73 Å². The van der Waals surface area contributed by atoms with Crippen molar-refractivity contribution in [3.8, 4) is 0 Å². The van der Waals surface area contributed by atoms with E-state index in [1.807, 2.05) is 0 Å². The van der Waals surface area contributed by atoms with Gasteiger partial charge in [-0.3, -0.25) is 0 Å². The molecular formula is C8H8F3NS. The lowest BCUT2D eigenvalue weighted by Crippen LogP contribution is -2.08. The maximum absolute atomic E-state index is 12.3. The maximum atomic E-state index is 12.3. The standard InChI is InChI=1S/C8H8F3NS/c9-8(10,11)6-3-5(4-12)1-2-7(6)13/h1-3,13H,4,12H2. The van der Waals surface area contributed by atoms with Gasteiger partial charge in [0.2, 0.25) is 0 Å². The summed E-state index contributed by atoms with van der Waals surface area (Å²) in [5.74, 6) is 0. The van der Waals surface area contributed by atoms with Crippen LogP contribution in [0, 0.1) is 0 Å². The van der Waals surface area contributed by atoms with E-state index < -0.39 is 11.7 Å². The second kappa shape index (κ2) is 3.59. The minimum absolute atomic E-state index is 0.0790. The Morgan fingerprint density at radius 2 is 1.92 bits per heavy atom. The molecule has 0 fully saturated rings. The summed E-state index contributed by atoms with van der Waals surface area (Å²) in [5, 5.41) is 0. The Kier molecular flexibility index (Phi) is 2.87. The first-order valence-electron chi connectivity index (χ1n) is 3.54. The van der Waals surface area contributed by atoms with Crippen LogP contribution in [0.2, 0.25) is 0 Å². The fraction of sp³-hybridized carbons (Fsp3) is 0.250. The predicted octanol–water partition coefficient (Wildman–Crippen LogP) is 2.45. The molecule has 1 aromatic carbocycles. The first kappa shape index (κ1) is 10.4. The highest BCUT2D eigenvalue weighted by Gasteiger charge is 2.32. The predicted molar refractivity (Wildman–Crippen MR) is 46.6 cm³/mol. The monoisotopic (exact) mass is 207 g/mol. The molecule has 5 heteroatoms. The highest BCUT2D eigenvalue weighted by Crippen LogP contribution is 2.34. The van der Waals surface area contributed by atoms with Gasteiger partial charge in [-0.2, -0.15) is 13.2 Å². The Morgan fingerprint density at radius 3 is 2.38 bits per heavy atom. The molecule has 13 heavy (non-hydrogen) atoms. The molecule has 0 spiro atoms. The molecule has 0 bridgehead atoms. The highest BCUT2D eigenvalue weighted by atomic mass is 32.1. The van der Waals surface area contributed by atoms with E-state index in [0.717, 1.165) is 6.07 Å². The number of benzene rings is 1. The van der Waals surface area contributed by atoms with Crippen molar-refractivity contribution in [1.82, 2.24) is 0 Å². The van der Waals surface area contributed by atoms with Crippen LogP contribution in [-0.4, -0.2) is 0 Å². The SMILES string of the molecule is NCc1ccc(S)c(C(F)(F)F)c1. The van der Waals surface area contributed by atoms with E-state index in [0.29, 0.717) is 5.56 Å². The zero-order valence-corrected chi connectivity index (χ0v) is 7.49. The molecule has 0 amide bonds. The fourth-order valence-electron chi connectivity index (χ4n) is 0.937. The molecule has 0 aromatic heterocycles. The molecule has 1 nitrogen and oxygen atoms in total. The van der Waals surface area contributed by atoms with E-state index >= 15 is 0 Å². The summed E-state index contributed by atoms with van der Waals surface area (Å²) in [6, 6.07) is 3.84. The van der Waals surface area contributed by atoms with Gasteiger partial charge in [-0.15, -0.1) is 12.6 Å². The van der Waals surface area contributed by atoms with Crippen LogP contribution in [0.15, 0.2) is 23.1 Å². The third-order valence-corrected chi connectivity index (χ3v) is 1.99. The lowest BCUT2D eigenvalue weighted by atomic mass is 10.1. The number of hydrogen-bond acceptors (Lipinski definition) is 2. The third kappa shape index (κ3) is 2.38. The summed E-state index contributed by atoms with van der Waals surface area (Å²) in [7, 11) is 0. The molecular weight excluding hydrogens is 199 g/mol. The van der Waals surface area contributed by atoms with Crippen molar-refractivity contribution in [2.75, 3.05) is 0 Å². The van der Waals surface area contributed by atoms with E-state index in [1.54, 1.807) is 0 Å². The lowest BCUT2D eigenvalue weighted by molar-refractivity contribution is -0.139. The van der Waals surface area contributed by atoms with E-state index in [4.69, 9.17) is 5.73 Å². The Bertz CT molecular complexity index is 309. The molecule has 1 rings (SSSR count). The topological polar surface area (TPSA) is 26.0 Å². The summed E-state index contributed by atoms with van der Waals surface area (Å²) < 4.78 is 36.8. The molecule has 0 aliphatic carbocycles. The Hall–Kier alpha value is -0.680. The zero-order valence-electron chi connectivity index (χ0n) is 6.60. The molecule has 0 aliphatic rings. The van der Waals surface area contributed by atoms with E-state index in [2.05, 4.69) is 12.6 Å². The van der Waals surface area contributed by atoms with Crippen LogP contribution in [0.25, 0.3) is 0 Å². The molecule has 0 saturated carbocycles. The van der Waals surface area contributed by atoms with Crippen LogP contribution < -0.4 is 5.73 Å². The van der Waals surface area contributed by atoms with Gasteiger partial charge in [0.1, 0.15) is 0 Å². The first-order valence-corrected chi connectivity index (χ1v) is 3.99. The Morgan fingerprint density at radius 1 is 1.31 bits per heavy atom. The Balaban J connectivity index is 3.19. The van der Waals surface area contributed by atoms with Crippen LogP contribution in [0.1, 0.15) is 11.1 Å². The summed E-state index contributed by atoms with van der Waals surface area (Å²) >= 11 is 3.72. The van der Waals surface area contributed by atoms with Crippen LogP contribution >= 0.6 is 12.6 Å². The zero-order chi connectivity index (χ0) is 10.1. The molecule has 72 valence electrons. The first-order chi connectivity index (χ1) is 5.95. The van der Waals surface area contributed by atoms with Gasteiger partial charge in [0.05, 0.1) is 5.56 Å². The van der Waals surface area contributed by atoms with E-state index in [-0.39, 0.29) is 11.4 Å². The summed E-state index contributed by atoms with van der Waals surface area (Å²) in [6.07, 6.45) is -4.36. The lowest BCUT2D eigenvalue weighted by Gasteiger charge is -2.10. The van der Waals surface area contributed by atoms with Crippen molar-refractivity contribution < 1.29 is 13.2 Å². The van der Waals surface area contributed by atoms with E-state index in [1.165, 1.54) is 12.1 Å². The van der Waals surface area contributed by atoms with Crippen LogP contribution in [0.4, 0.5) is 13.2 Å². The molecule has 0 heterocycles. The van der Waals surface area contributed by atoms with Crippen LogP contribution in [0.5, 0.6) is 0 Å². The third-order valence-electron chi connectivity index (χ3n) is 1.60. The average molecular weight is 207 g/mol. The summed E-state index contributed by atoms with van der Waals surface area (Å²) in [5.41, 5.74) is 4.93. The second-order valence-electron chi connectivity index (χ2n) is 2.55. The molecule has 0 saturated heterocycles. The average Bonchev–Trinajstić information content (AvgIpc) is 2.03. The van der Waals surface area contributed by atoms with Crippen molar-refractivity contribution in [3.05, 3.63) is 29.3 Å². The fourth-order valence-corrected chi connectivity index (χ4v) is 1.20. The van der Waals surface area contributed by atoms with Gasteiger partial charge in [-0.25, -0.2) is 0 Å². The summed E-state index contributed by atoms with van der Waals surface area (Å²) in [6.45, 7) is 0.0944.